The number of piperidine rings is 1. The molecule has 3 atom stereocenters. The average molecular weight is 541 g/mol. The number of benzene rings is 3. The third-order valence-electron chi connectivity index (χ3n) is 6.74. The SMILES string of the molecule is O=C(N[C@H]1CCNC(c2cccc(Cl)c2)C1)c1ccc(Oc2cc3c(cc2Cl)C(C(=O)O)CCO3)cc1. The second kappa shape index (κ2) is 11.0. The summed E-state index contributed by atoms with van der Waals surface area (Å²) in [5.74, 6) is -0.422. The summed E-state index contributed by atoms with van der Waals surface area (Å²) in [5, 5.41) is 17.1. The van der Waals surface area contributed by atoms with E-state index >= 15 is 0 Å². The fraction of sp³-hybridized carbons (Fsp3) is 0.286. The molecule has 0 bridgehead atoms. The fourth-order valence-corrected chi connectivity index (χ4v) is 5.23. The Bertz CT molecular complexity index is 1310. The molecule has 0 saturated carbocycles. The van der Waals surface area contributed by atoms with Gasteiger partial charge >= 0.3 is 5.97 Å². The molecule has 2 unspecified atom stereocenters. The van der Waals surface area contributed by atoms with Gasteiger partial charge in [0.2, 0.25) is 0 Å². The minimum Gasteiger partial charge on any atom is -0.493 e. The molecule has 192 valence electrons. The van der Waals surface area contributed by atoms with Gasteiger partial charge in [0.15, 0.2) is 0 Å². The number of aliphatic carboxylic acids is 1. The van der Waals surface area contributed by atoms with Crippen molar-refractivity contribution in [3.63, 3.8) is 0 Å². The van der Waals surface area contributed by atoms with E-state index in [1.54, 1.807) is 36.4 Å². The van der Waals surface area contributed by atoms with Crippen LogP contribution in [0.5, 0.6) is 17.2 Å². The average Bonchev–Trinajstić information content (AvgIpc) is 2.89. The zero-order chi connectivity index (χ0) is 25.9. The number of fused-ring (bicyclic) bond motifs is 1. The number of hydrogen-bond donors (Lipinski definition) is 3. The molecule has 2 aliphatic rings. The van der Waals surface area contributed by atoms with Gasteiger partial charge in [0, 0.05) is 34.3 Å². The quantitative estimate of drug-likeness (QED) is 0.357. The summed E-state index contributed by atoms with van der Waals surface area (Å²) >= 11 is 12.5. The Morgan fingerprint density at radius 3 is 2.62 bits per heavy atom. The van der Waals surface area contributed by atoms with Crippen molar-refractivity contribution in [2.45, 2.75) is 37.3 Å². The summed E-state index contributed by atoms with van der Waals surface area (Å²) in [4.78, 5) is 24.4. The van der Waals surface area contributed by atoms with E-state index in [0.717, 1.165) is 24.9 Å². The van der Waals surface area contributed by atoms with E-state index in [9.17, 15) is 14.7 Å². The zero-order valence-electron chi connectivity index (χ0n) is 19.9. The van der Waals surface area contributed by atoms with Gasteiger partial charge in [0.25, 0.3) is 5.91 Å². The third-order valence-corrected chi connectivity index (χ3v) is 7.27. The van der Waals surface area contributed by atoms with E-state index in [4.69, 9.17) is 32.7 Å². The maximum Gasteiger partial charge on any atom is 0.311 e. The summed E-state index contributed by atoms with van der Waals surface area (Å²) in [6, 6.07) is 17.9. The number of nitrogens with one attached hydrogen (secondary N) is 2. The molecule has 1 fully saturated rings. The van der Waals surface area contributed by atoms with Gasteiger partial charge in [-0.1, -0.05) is 35.3 Å². The molecule has 37 heavy (non-hydrogen) atoms. The largest absolute Gasteiger partial charge is 0.493 e. The van der Waals surface area contributed by atoms with Crippen molar-refractivity contribution in [3.05, 3.63) is 87.4 Å². The van der Waals surface area contributed by atoms with Crippen molar-refractivity contribution < 1.29 is 24.2 Å². The van der Waals surface area contributed by atoms with Crippen LogP contribution in [-0.4, -0.2) is 36.2 Å². The Morgan fingerprint density at radius 2 is 1.86 bits per heavy atom. The number of carboxylic acids is 1. The molecular formula is C28H26Cl2N2O5. The van der Waals surface area contributed by atoms with E-state index in [1.807, 2.05) is 24.3 Å². The highest BCUT2D eigenvalue weighted by Crippen LogP contribution is 2.41. The topological polar surface area (TPSA) is 96.9 Å². The molecule has 9 heteroatoms. The number of carboxylic acid groups (broad SMARTS) is 1. The molecule has 0 aliphatic carbocycles. The normalized spacial score (nSPS) is 20.9. The Balaban J connectivity index is 1.22. The highest BCUT2D eigenvalue weighted by atomic mass is 35.5. The Morgan fingerprint density at radius 1 is 1.05 bits per heavy atom. The van der Waals surface area contributed by atoms with Crippen LogP contribution in [-0.2, 0) is 4.79 Å². The van der Waals surface area contributed by atoms with Crippen molar-refractivity contribution in [1.82, 2.24) is 10.6 Å². The highest BCUT2D eigenvalue weighted by molar-refractivity contribution is 6.32. The first kappa shape index (κ1) is 25.4. The van der Waals surface area contributed by atoms with Gasteiger partial charge in [-0.3, -0.25) is 9.59 Å². The fourth-order valence-electron chi connectivity index (χ4n) is 4.82. The molecule has 3 aromatic carbocycles. The first-order valence-corrected chi connectivity index (χ1v) is 12.9. The lowest BCUT2D eigenvalue weighted by Crippen LogP contribution is -2.44. The van der Waals surface area contributed by atoms with Crippen molar-refractivity contribution in [2.24, 2.45) is 0 Å². The van der Waals surface area contributed by atoms with Crippen LogP contribution in [0.3, 0.4) is 0 Å². The second-order valence-electron chi connectivity index (χ2n) is 9.23. The van der Waals surface area contributed by atoms with Crippen LogP contribution in [0.2, 0.25) is 10.0 Å². The van der Waals surface area contributed by atoms with Gasteiger partial charge in [-0.2, -0.15) is 0 Å². The van der Waals surface area contributed by atoms with Crippen molar-refractivity contribution >= 4 is 35.1 Å². The van der Waals surface area contributed by atoms with E-state index in [2.05, 4.69) is 10.6 Å². The van der Waals surface area contributed by atoms with E-state index in [-0.39, 0.29) is 23.0 Å². The number of hydrogen-bond acceptors (Lipinski definition) is 5. The van der Waals surface area contributed by atoms with Gasteiger partial charge in [-0.05, 0) is 73.8 Å². The summed E-state index contributed by atoms with van der Waals surface area (Å²) in [7, 11) is 0. The van der Waals surface area contributed by atoms with Crippen LogP contribution in [0, 0.1) is 0 Å². The van der Waals surface area contributed by atoms with Crippen LogP contribution in [0.4, 0.5) is 0 Å². The molecule has 5 rings (SSSR count). The number of carbonyl (C=O) groups is 2. The number of rotatable bonds is 6. The monoisotopic (exact) mass is 540 g/mol. The molecule has 1 amide bonds. The van der Waals surface area contributed by atoms with Gasteiger partial charge in [-0.25, -0.2) is 0 Å². The maximum absolute atomic E-state index is 12.9. The predicted molar refractivity (Wildman–Crippen MR) is 141 cm³/mol. The Labute approximate surface area is 224 Å². The molecule has 1 saturated heterocycles. The van der Waals surface area contributed by atoms with Crippen LogP contribution >= 0.6 is 23.2 Å². The van der Waals surface area contributed by atoms with Crippen molar-refractivity contribution in [1.29, 1.82) is 0 Å². The van der Waals surface area contributed by atoms with E-state index in [0.29, 0.717) is 46.4 Å². The minimum absolute atomic E-state index is 0.0394. The predicted octanol–water partition coefficient (Wildman–Crippen LogP) is 5.96. The first-order chi connectivity index (χ1) is 17.9. The smallest absolute Gasteiger partial charge is 0.311 e. The lowest BCUT2D eigenvalue weighted by Gasteiger charge is -2.31. The molecule has 7 nitrogen and oxygen atoms in total. The summed E-state index contributed by atoms with van der Waals surface area (Å²) in [6.45, 7) is 1.11. The Kier molecular flexibility index (Phi) is 7.55. The summed E-state index contributed by atoms with van der Waals surface area (Å²) < 4.78 is 11.6. The number of ether oxygens (including phenoxy) is 2. The first-order valence-electron chi connectivity index (χ1n) is 12.1. The maximum atomic E-state index is 12.9. The van der Waals surface area contributed by atoms with Crippen molar-refractivity contribution in [2.75, 3.05) is 13.2 Å². The number of halogens is 2. The molecule has 3 aromatic rings. The second-order valence-corrected chi connectivity index (χ2v) is 10.1. The summed E-state index contributed by atoms with van der Waals surface area (Å²) in [6.07, 6.45) is 2.00. The van der Waals surface area contributed by atoms with Crippen LogP contribution in [0.1, 0.15) is 52.7 Å². The van der Waals surface area contributed by atoms with Crippen LogP contribution in [0.25, 0.3) is 0 Å². The molecule has 0 aromatic heterocycles. The van der Waals surface area contributed by atoms with Gasteiger partial charge in [-0.15, -0.1) is 0 Å². The van der Waals surface area contributed by atoms with Gasteiger partial charge in [0.1, 0.15) is 17.2 Å². The molecule has 2 heterocycles. The molecule has 3 N–H and O–H groups in total. The van der Waals surface area contributed by atoms with Crippen LogP contribution < -0.4 is 20.1 Å². The third kappa shape index (κ3) is 5.85. The molecule has 0 spiro atoms. The number of amides is 1. The molecular weight excluding hydrogens is 515 g/mol. The van der Waals surface area contributed by atoms with Crippen molar-refractivity contribution in [3.8, 4) is 17.2 Å². The Hall–Kier alpha value is -3.26. The summed E-state index contributed by atoms with van der Waals surface area (Å²) in [5.41, 5.74) is 2.17. The lowest BCUT2D eigenvalue weighted by atomic mass is 9.93. The van der Waals surface area contributed by atoms with Gasteiger partial charge < -0.3 is 25.2 Å². The lowest BCUT2D eigenvalue weighted by molar-refractivity contribution is -0.139. The minimum atomic E-state index is -0.910. The molecule has 0 radical (unpaired) electrons. The van der Waals surface area contributed by atoms with Crippen LogP contribution in [0.15, 0.2) is 60.7 Å². The molecule has 2 aliphatic heterocycles. The standard InChI is InChI=1S/C28H26Cl2N2O5/c29-18-3-1-2-17(12-18)24-13-19(8-10-31-24)32-27(33)16-4-6-20(7-5-16)37-26-15-25-22(14-23(26)30)21(28(34)35)9-11-36-25/h1-7,12,14-15,19,21,24,31H,8-11,13H2,(H,32,33)(H,34,35)/t19-,21?,24?/m0/s1. The number of carbonyl (C=O) groups excluding carboxylic acids is 1. The van der Waals surface area contributed by atoms with Gasteiger partial charge in [0.05, 0.1) is 17.5 Å². The zero-order valence-corrected chi connectivity index (χ0v) is 21.4. The highest BCUT2D eigenvalue weighted by Gasteiger charge is 2.29. The van der Waals surface area contributed by atoms with E-state index in [1.165, 1.54) is 0 Å². The van der Waals surface area contributed by atoms with E-state index < -0.39 is 11.9 Å².